The molecular weight excluding hydrogens is 390 g/mol. The maximum Gasteiger partial charge on any atom is 0.325 e. The summed E-state index contributed by atoms with van der Waals surface area (Å²) >= 11 is 0. The maximum absolute atomic E-state index is 13.1. The number of amides is 4. The zero-order valence-electron chi connectivity index (χ0n) is 18.5. The van der Waals surface area contributed by atoms with Crippen LogP contribution in [0.5, 0.6) is 0 Å². The second kappa shape index (κ2) is 7.52. The summed E-state index contributed by atoms with van der Waals surface area (Å²) < 4.78 is 0. The molecule has 6 nitrogen and oxygen atoms in total. The number of nitrogens with one attached hydrogen (secondary N) is 2. The highest BCUT2D eigenvalue weighted by atomic mass is 16.2. The number of carbonyl (C=O) groups is 3. The van der Waals surface area contributed by atoms with Crippen LogP contribution in [0.2, 0.25) is 0 Å². The zero-order valence-corrected chi connectivity index (χ0v) is 18.5. The molecule has 1 fully saturated rings. The molecule has 0 radical (unpaired) electrons. The van der Waals surface area contributed by atoms with Gasteiger partial charge in [-0.1, -0.05) is 51.1 Å². The molecule has 1 aliphatic heterocycles. The first kappa shape index (κ1) is 21.1. The third-order valence-corrected chi connectivity index (χ3v) is 6.29. The van der Waals surface area contributed by atoms with Crippen LogP contribution >= 0.6 is 0 Å². The van der Waals surface area contributed by atoms with Crippen molar-refractivity contribution in [3.05, 3.63) is 64.7 Å². The molecule has 2 aliphatic rings. The first-order valence-corrected chi connectivity index (χ1v) is 10.7. The Morgan fingerprint density at radius 3 is 2.42 bits per heavy atom. The predicted molar refractivity (Wildman–Crippen MR) is 120 cm³/mol. The molecule has 0 bridgehead atoms. The number of urea groups is 1. The van der Waals surface area contributed by atoms with Crippen LogP contribution in [-0.2, 0) is 33.4 Å². The highest BCUT2D eigenvalue weighted by Crippen LogP contribution is 2.32. The SMILES string of the molecule is CC(C)(C)c1ccc(NC(=O)CN2C(=O)N[C@@](C)(c3ccc4c(c3)CCC4)C2=O)cc1. The molecule has 4 amide bonds. The van der Waals surface area contributed by atoms with E-state index in [1.54, 1.807) is 6.92 Å². The van der Waals surface area contributed by atoms with Crippen LogP contribution in [0.3, 0.4) is 0 Å². The molecule has 0 spiro atoms. The van der Waals surface area contributed by atoms with Gasteiger partial charge in [-0.05, 0) is 66.0 Å². The van der Waals surface area contributed by atoms with E-state index in [0.717, 1.165) is 35.3 Å². The van der Waals surface area contributed by atoms with Crippen LogP contribution < -0.4 is 10.6 Å². The quantitative estimate of drug-likeness (QED) is 0.739. The number of hydrogen-bond donors (Lipinski definition) is 2. The third-order valence-electron chi connectivity index (χ3n) is 6.29. The van der Waals surface area contributed by atoms with E-state index in [-0.39, 0.29) is 12.0 Å². The Balaban J connectivity index is 1.46. The van der Waals surface area contributed by atoms with E-state index in [2.05, 4.69) is 31.4 Å². The maximum atomic E-state index is 13.1. The number of nitrogens with zero attached hydrogens (tertiary/aromatic N) is 1. The van der Waals surface area contributed by atoms with Gasteiger partial charge in [0, 0.05) is 5.69 Å². The molecule has 2 N–H and O–H groups in total. The van der Waals surface area contributed by atoms with Crippen LogP contribution in [-0.4, -0.2) is 29.3 Å². The van der Waals surface area contributed by atoms with Crippen LogP contribution in [0.1, 0.15) is 56.4 Å². The highest BCUT2D eigenvalue weighted by molar-refractivity contribution is 6.10. The van der Waals surface area contributed by atoms with Gasteiger partial charge in [0.05, 0.1) is 0 Å². The molecule has 0 aromatic heterocycles. The van der Waals surface area contributed by atoms with Gasteiger partial charge in [0.25, 0.3) is 5.91 Å². The molecule has 31 heavy (non-hydrogen) atoms. The minimum absolute atomic E-state index is 0.0185. The summed E-state index contributed by atoms with van der Waals surface area (Å²) in [5.41, 5.74) is 3.94. The Morgan fingerprint density at radius 2 is 1.74 bits per heavy atom. The number of imide groups is 1. The van der Waals surface area contributed by atoms with Gasteiger partial charge in [0.15, 0.2) is 0 Å². The Morgan fingerprint density at radius 1 is 1.06 bits per heavy atom. The van der Waals surface area contributed by atoms with Crippen molar-refractivity contribution < 1.29 is 14.4 Å². The minimum atomic E-state index is -1.16. The molecule has 4 rings (SSSR count). The lowest BCUT2D eigenvalue weighted by atomic mass is 9.87. The monoisotopic (exact) mass is 419 g/mol. The van der Waals surface area contributed by atoms with Crippen LogP contribution in [0, 0.1) is 0 Å². The number of carbonyl (C=O) groups excluding carboxylic acids is 3. The van der Waals surface area contributed by atoms with Crippen molar-refractivity contribution >= 4 is 23.5 Å². The van der Waals surface area contributed by atoms with E-state index in [9.17, 15) is 14.4 Å². The highest BCUT2D eigenvalue weighted by Gasteiger charge is 2.49. The van der Waals surface area contributed by atoms with Crippen molar-refractivity contribution in [1.29, 1.82) is 0 Å². The Labute approximate surface area is 183 Å². The van der Waals surface area contributed by atoms with Crippen LogP contribution in [0.25, 0.3) is 0 Å². The van der Waals surface area contributed by atoms with Gasteiger partial charge in [0.1, 0.15) is 12.1 Å². The number of aryl methyl sites for hydroxylation is 2. The minimum Gasteiger partial charge on any atom is -0.325 e. The Kier molecular flexibility index (Phi) is 5.12. The largest absolute Gasteiger partial charge is 0.325 e. The van der Waals surface area contributed by atoms with E-state index in [4.69, 9.17) is 0 Å². The average molecular weight is 420 g/mol. The van der Waals surface area contributed by atoms with Crippen molar-refractivity contribution in [1.82, 2.24) is 10.2 Å². The van der Waals surface area contributed by atoms with Crippen molar-refractivity contribution in [3.63, 3.8) is 0 Å². The zero-order chi connectivity index (χ0) is 22.4. The fourth-order valence-electron chi connectivity index (χ4n) is 4.32. The van der Waals surface area contributed by atoms with Gasteiger partial charge in [-0.3, -0.25) is 14.5 Å². The van der Waals surface area contributed by atoms with Gasteiger partial charge in [-0.25, -0.2) is 4.79 Å². The van der Waals surface area contributed by atoms with E-state index in [1.165, 1.54) is 11.1 Å². The van der Waals surface area contributed by atoms with Crippen LogP contribution in [0.4, 0.5) is 10.5 Å². The number of anilines is 1. The number of hydrogen-bond acceptors (Lipinski definition) is 3. The summed E-state index contributed by atoms with van der Waals surface area (Å²) in [5, 5.41) is 5.57. The molecule has 162 valence electrons. The van der Waals surface area contributed by atoms with Crippen LogP contribution in [0.15, 0.2) is 42.5 Å². The second-order valence-corrected chi connectivity index (χ2v) is 9.66. The fourth-order valence-corrected chi connectivity index (χ4v) is 4.32. The lowest BCUT2D eigenvalue weighted by Crippen LogP contribution is -2.42. The van der Waals surface area contributed by atoms with E-state index in [0.29, 0.717) is 5.69 Å². The van der Waals surface area contributed by atoms with Gasteiger partial charge in [0.2, 0.25) is 5.91 Å². The summed E-state index contributed by atoms with van der Waals surface area (Å²) in [7, 11) is 0. The lowest BCUT2D eigenvalue weighted by molar-refractivity contribution is -0.133. The smallest absolute Gasteiger partial charge is 0.325 e. The predicted octanol–water partition coefficient (Wildman–Crippen LogP) is 3.88. The summed E-state index contributed by atoms with van der Waals surface area (Å²) in [4.78, 5) is 39.3. The molecule has 0 saturated carbocycles. The molecule has 1 heterocycles. The molecular formula is C25H29N3O3. The fraction of sp³-hybridized carbons (Fsp3) is 0.400. The van der Waals surface area contributed by atoms with Gasteiger partial charge in [-0.2, -0.15) is 0 Å². The van der Waals surface area contributed by atoms with Gasteiger partial charge in [-0.15, -0.1) is 0 Å². The molecule has 0 unspecified atom stereocenters. The van der Waals surface area contributed by atoms with E-state index >= 15 is 0 Å². The Bertz CT molecular complexity index is 1050. The molecule has 2 aromatic rings. The topological polar surface area (TPSA) is 78.5 Å². The summed E-state index contributed by atoms with van der Waals surface area (Å²) in [6, 6.07) is 13.0. The average Bonchev–Trinajstić information content (AvgIpc) is 3.26. The van der Waals surface area contributed by atoms with Gasteiger partial charge < -0.3 is 10.6 Å². The van der Waals surface area contributed by atoms with Crippen molar-refractivity contribution in [2.24, 2.45) is 0 Å². The standard InChI is InChI=1S/C25H29N3O3/c1-24(2,3)18-10-12-20(13-11-18)26-21(29)15-28-22(30)25(4,27-23(28)31)19-9-8-16-6-5-7-17(16)14-19/h8-14H,5-7,15H2,1-4H3,(H,26,29)(H,27,31)/t25-/m0/s1. The van der Waals surface area contributed by atoms with E-state index in [1.807, 2.05) is 42.5 Å². The normalized spacial score (nSPS) is 20.6. The molecule has 2 aromatic carbocycles. The lowest BCUT2D eigenvalue weighted by Gasteiger charge is -2.23. The molecule has 1 saturated heterocycles. The number of benzene rings is 2. The van der Waals surface area contributed by atoms with Crippen molar-refractivity contribution in [3.8, 4) is 0 Å². The summed E-state index contributed by atoms with van der Waals surface area (Å²) in [6.07, 6.45) is 3.15. The summed E-state index contributed by atoms with van der Waals surface area (Å²) in [5.74, 6) is -0.820. The second-order valence-electron chi connectivity index (χ2n) is 9.66. The molecule has 1 aliphatic carbocycles. The third kappa shape index (κ3) is 3.94. The number of rotatable bonds is 4. The van der Waals surface area contributed by atoms with E-state index < -0.39 is 23.4 Å². The van der Waals surface area contributed by atoms with Crippen molar-refractivity contribution in [2.75, 3.05) is 11.9 Å². The molecule has 6 heteroatoms. The van der Waals surface area contributed by atoms with Gasteiger partial charge >= 0.3 is 6.03 Å². The summed E-state index contributed by atoms with van der Waals surface area (Å²) in [6.45, 7) is 7.74. The molecule has 1 atom stereocenters. The Hall–Kier alpha value is -3.15. The van der Waals surface area contributed by atoms with Crippen molar-refractivity contribution in [2.45, 2.75) is 57.9 Å². The first-order chi connectivity index (χ1) is 14.6. The first-order valence-electron chi connectivity index (χ1n) is 10.7. The number of fused-ring (bicyclic) bond motifs is 1.